The lowest BCUT2D eigenvalue weighted by Crippen LogP contribution is -2.37. The molecule has 0 aromatic heterocycles. The van der Waals surface area contributed by atoms with E-state index in [4.69, 9.17) is 0 Å². The number of aryl methyl sites for hydroxylation is 1. The minimum absolute atomic E-state index is 0.392. The van der Waals surface area contributed by atoms with E-state index in [0.29, 0.717) is 5.41 Å². The lowest BCUT2D eigenvalue weighted by Gasteiger charge is -2.41. The molecule has 0 saturated heterocycles. The van der Waals surface area contributed by atoms with Crippen molar-refractivity contribution in [2.45, 2.75) is 71.3 Å². The molecule has 1 N–H and O–H groups in total. The average Bonchev–Trinajstić information content (AvgIpc) is 2.39. The molecule has 0 bridgehead atoms. The van der Waals surface area contributed by atoms with E-state index >= 15 is 0 Å². The second kappa shape index (κ2) is 6.30. The largest absolute Gasteiger partial charge is 0.390 e. The van der Waals surface area contributed by atoms with Crippen molar-refractivity contribution in [2.75, 3.05) is 0 Å². The fraction of sp³-hybridized carbons (Fsp3) is 0.684. The van der Waals surface area contributed by atoms with Gasteiger partial charge in [0.15, 0.2) is 0 Å². The lowest BCUT2D eigenvalue weighted by molar-refractivity contribution is -0.0324. The van der Waals surface area contributed by atoms with E-state index < -0.39 is 5.60 Å². The standard InChI is InChI=1S/C19H30O/c1-18(2,3)17-11-14-19(20,15-12-17)13-7-10-16-8-5-4-6-9-16/h4-6,8-9,17,20H,7,10-15H2,1-3H3. The molecule has 1 aromatic carbocycles. The first-order valence-corrected chi connectivity index (χ1v) is 8.15. The van der Waals surface area contributed by atoms with Crippen molar-refractivity contribution in [2.24, 2.45) is 11.3 Å². The summed E-state index contributed by atoms with van der Waals surface area (Å²) in [4.78, 5) is 0. The Morgan fingerprint density at radius 2 is 1.70 bits per heavy atom. The minimum Gasteiger partial charge on any atom is -0.390 e. The van der Waals surface area contributed by atoms with Crippen LogP contribution in [0.2, 0.25) is 0 Å². The Bertz CT molecular complexity index is 394. The second-order valence-electron chi connectivity index (χ2n) is 7.70. The fourth-order valence-electron chi connectivity index (χ4n) is 3.54. The molecule has 1 saturated carbocycles. The number of rotatable bonds is 4. The quantitative estimate of drug-likeness (QED) is 0.821. The van der Waals surface area contributed by atoms with Gasteiger partial charge in [-0.15, -0.1) is 0 Å². The predicted molar refractivity (Wildman–Crippen MR) is 85.7 cm³/mol. The van der Waals surface area contributed by atoms with Crippen LogP contribution in [-0.4, -0.2) is 10.7 Å². The molecule has 0 atom stereocenters. The van der Waals surface area contributed by atoms with Gasteiger partial charge in [-0.3, -0.25) is 0 Å². The summed E-state index contributed by atoms with van der Waals surface area (Å²) in [5, 5.41) is 10.7. The minimum atomic E-state index is -0.392. The van der Waals surface area contributed by atoms with E-state index in [1.165, 1.54) is 18.4 Å². The molecular weight excluding hydrogens is 244 g/mol. The lowest BCUT2D eigenvalue weighted by atomic mass is 9.67. The van der Waals surface area contributed by atoms with E-state index in [0.717, 1.165) is 38.0 Å². The summed E-state index contributed by atoms with van der Waals surface area (Å²) in [6.07, 6.45) is 7.50. The van der Waals surface area contributed by atoms with Crippen LogP contribution in [-0.2, 0) is 6.42 Å². The SMILES string of the molecule is CC(C)(C)C1CCC(O)(CCCc2ccccc2)CC1. The molecule has 20 heavy (non-hydrogen) atoms. The Hall–Kier alpha value is -0.820. The van der Waals surface area contributed by atoms with Gasteiger partial charge in [-0.25, -0.2) is 0 Å². The summed E-state index contributed by atoms with van der Waals surface area (Å²) >= 11 is 0. The highest BCUT2D eigenvalue weighted by atomic mass is 16.3. The maximum absolute atomic E-state index is 10.7. The van der Waals surface area contributed by atoms with Crippen LogP contribution in [0, 0.1) is 11.3 Å². The molecule has 0 radical (unpaired) electrons. The van der Waals surface area contributed by atoms with Crippen LogP contribution in [0.25, 0.3) is 0 Å². The fourth-order valence-corrected chi connectivity index (χ4v) is 3.54. The molecule has 1 nitrogen and oxygen atoms in total. The van der Waals surface area contributed by atoms with Crippen LogP contribution in [0.4, 0.5) is 0 Å². The molecule has 0 amide bonds. The number of hydrogen-bond donors (Lipinski definition) is 1. The topological polar surface area (TPSA) is 20.2 Å². The Kier molecular flexibility index (Phi) is 4.90. The van der Waals surface area contributed by atoms with E-state index in [2.05, 4.69) is 51.1 Å². The Balaban J connectivity index is 1.76. The number of hydrogen-bond acceptors (Lipinski definition) is 1. The van der Waals surface area contributed by atoms with Crippen molar-refractivity contribution in [1.29, 1.82) is 0 Å². The first-order valence-electron chi connectivity index (χ1n) is 8.15. The maximum atomic E-state index is 10.7. The second-order valence-corrected chi connectivity index (χ2v) is 7.70. The molecule has 1 heteroatoms. The third-order valence-corrected chi connectivity index (χ3v) is 5.09. The van der Waals surface area contributed by atoms with Gasteiger partial charge in [0, 0.05) is 0 Å². The van der Waals surface area contributed by atoms with Gasteiger partial charge < -0.3 is 5.11 Å². The van der Waals surface area contributed by atoms with E-state index in [9.17, 15) is 5.11 Å². The molecule has 0 heterocycles. The average molecular weight is 274 g/mol. The Labute approximate surface area is 124 Å². The molecule has 0 spiro atoms. The van der Waals surface area contributed by atoms with Crippen molar-refractivity contribution in [3.05, 3.63) is 35.9 Å². The molecule has 1 aliphatic carbocycles. The van der Waals surface area contributed by atoms with Gasteiger partial charge in [0.25, 0.3) is 0 Å². The van der Waals surface area contributed by atoms with E-state index in [1.807, 2.05) is 0 Å². The zero-order chi connectivity index (χ0) is 14.6. The van der Waals surface area contributed by atoms with Crippen molar-refractivity contribution in [1.82, 2.24) is 0 Å². The molecule has 0 unspecified atom stereocenters. The summed E-state index contributed by atoms with van der Waals surface area (Å²) in [5.41, 5.74) is 1.39. The third-order valence-electron chi connectivity index (χ3n) is 5.09. The summed E-state index contributed by atoms with van der Waals surface area (Å²) < 4.78 is 0. The molecule has 1 aromatic rings. The highest BCUT2D eigenvalue weighted by Crippen LogP contribution is 2.42. The molecule has 1 aliphatic rings. The van der Waals surface area contributed by atoms with Crippen LogP contribution in [0.1, 0.15) is 64.9 Å². The van der Waals surface area contributed by atoms with Crippen molar-refractivity contribution in [3.63, 3.8) is 0 Å². The van der Waals surface area contributed by atoms with Gasteiger partial charge in [-0.05, 0) is 61.8 Å². The van der Waals surface area contributed by atoms with Crippen molar-refractivity contribution < 1.29 is 5.11 Å². The summed E-state index contributed by atoms with van der Waals surface area (Å²) in [6.45, 7) is 6.99. The summed E-state index contributed by atoms with van der Waals surface area (Å²) in [5.74, 6) is 0.775. The highest BCUT2D eigenvalue weighted by molar-refractivity contribution is 5.14. The van der Waals surface area contributed by atoms with Gasteiger partial charge >= 0.3 is 0 Å². The van der Waals surface area contributed by atoms with Crippen LogP contribution in [0.3, 0.4) is 0 Å². The Morgan fingerprint density at radius 1 is 1.10 bits per heavy atom. The van der Waals surface area contributed by atoms with Gasteiger partial charge in [-0.1, -0.05) is 51.1 Å². The van der Waals surface area contributed by atoms with Gasteiger partial charge in [0.05, 0.1) is 5.60 Å². The first-order chi connectivity index (χ1) is 9.39. The van der Waals surface area contributed by atoms with Crippen LogP contribution in [0.15, 0.2) is 30.3 Å². The first kappa shape index (κ1) is 15.6. The highest BCUT2D eigenvalue weighted by Gasteiger charge is 2.36. The zero-order valence-corrected chi connectivity index (χ0v) is 13.4. The van der Waals surface area contributed by atoms with Crippen molar-refractivity contribution >= 4 is 0 Å². The van der Waals surface area contributed by atoms with E-state index in [-0.39, 0.29) is 0 Å². The van der Waals surface area contributed by atoms with Gasteiger partial charge in [0.1, 0.15) is 0 Å². The monoisotopic (exact) mass is 274 g/mol. The van der Waals surface area contributed by atoms with Crippen LogP contribution < -0.4 is 0 Å². The molecule has 0 aliphatic heterocycles. The summed E-state index contributed by atoms with van der Waals surface area (Å²) in [6, 6.07) is 10.6. The molecule has 1 fully saturated rings. The molecular formula is C19H30O. The summed E-state index contributed by atoms with van der Waals surface area (Å²) in [7, 11) is 0. The van der Waals surface area contributed by atoms with Crippen LogP contribution in [0.5, 0.6) is 0 Å². The predicted octanol–water partition coefficient (Wildman–Crippen LogP) is 4.98. The number of benzene rings is 1. The van der Waals surface area contributed by atoms with Crippen LogP contribution >= 0.6 is 0 Å². The third kappa shape index (κ3) is 4.34. The number of aliphatic hydroxyl groups is 1. The van der Waals surface area contributed by atoms with Crippen molar-refractivity contribution in [3.8, 4) is 0 Å². The van der Waals surface area contributed by atoms with E-state index in [1.54, 1.807) is 0 Å². The maximum Gasteiger partial charge on any atom is 0.0648 e. The molecule has 2 rings (SSSR count). The smallest absolute Gasteiger partial charge is 0.0648 e. The normalized spacial score (nSPS) is 27.5. The zero-order valence-electron chi connectivity index (χ0n) is 13.4. The molecule has 112 valence electrons. The Morgan fingerprint density at radius 3 is 2.25 bits per heavy atom. The van der Waals surface area contributed by atoms with Gasteiger partial charge in [-0.2, -0.15) is 0 Å². The van der Waals surface area contributed by atoms with Gasteiger partial charge in [0.2, 0.25) is 0 Å².